The molecule has 29 heavy (non-hydrogen) atoms. The lowest BCUT2D eigenvalue weighted by molar-refractivity contribution is -0.148. The predicted molar refractivity (Wildman–Crippen MR) is 107 cm³/mol. The number of Topliss-reactive ketones (excluding diaryl/α,β-unsaturated/α-hetero) is 2. The normalized spacial score (nSPS) is 12.7. The zero-order chi connectivity index (χ0) is 20.5. The van der Waals surface area contributed by atoms with Crippen molar-refractivity contribution >= 4 is 39.8 Å². The number of esters is 1. The lowest BCUT2D eigenvalue weighted by Crippen LogP contribution is -2.12. The van der Waals surface area contributed by atoms with Gasteiger partial charge in [-0.3, -0.25) is 14.2 Å². The van der Waals surface area contributed by atoms with Gasteiger partial charge in [-0.2, -0.15) is 0 Å². The Morgan fingerprint density at radius 3 is 2.55 bits per heavy atom. The molecule has 0 bridgehead atoms. The molecule has 0 saturated carbocycles. The van der Waals surface area contributed by atoms with Crippen molar-refractivity contribution in [3.8, 4) is 5.88 Å². The SMILES string of the molecule is CC(=O)CCC(=O)OCn1c(O)c(C2=Nc3ccccc3C2=O)c2ccccc21. The van der Waals surface area contributed by atoms with Crippen LogP contribution in [0.25, 0.3) is 10.9 Å². The second-order valence-electron chi connectivity index (χ2n) is 6.80. The molecule has 0 fully saturated rings. The lowest BCUT2D eigenvalue weighted by Gasteiger charge is -2.08. The van der Waals surface area contributed by atoms with Crippen molar-refractivity contribution in [3.63, 3.8) is 0 Å². The van der Waals surface area contributed by atoms with Gasteiger partial charge in [0.05, 0.1) is 23.2 Å². The largest absolute Gasteiger partial charge is 0.494 e. The quantitative estimate of drug-likeness (QED) is 0.649. The van der Waals surface area contributed by atoms with E-state index in [4.69, 9.17) is 4.74 Å². The van der Waals surface area contributed by atoms with Crippen LogP contribution < -0.4 is 0 Å². The molecule has 0 unspecified atom stereocenters. The van der Waals surface area contributed by atoms with Gasteiger partial charge in [-0.15, -0.1) is 0 Å². The molecule has 3 aromatic rings. The molecule has 0 saturated heterocycles. The summed E-state index contributed by atoms with van der Waals surface area (Å²) in [5.74, 6) is -1.11. The fraction of sp³-hybridized carbons (Fsp3) is 0.182. The van der Waals surface area contributed by atoms with Gasteiger partial charge in [0, 0.05) is 17.4 Å². The smallest absolute Gasteiger partial charge is 0.307 e. The standard InChI is InChI=1S/C22H18N2O5/c1-13(25)10-11-18(26)29-12-24-17-9-5-3-7-15(17)19(22(24)28)20-21(27)14-6-2-4-8-16(14)23-20/h2-9,28H,10-12H2,1H3. The summed E-state index contributed by atoms with van der Waals surface area (Å²) < 4.78 is 6.63. The molecule has 7 nitrogen and oxygen atoms in total. The maximum Gasteiger partial charge on any atom is 0.307 e. The predicted octanol–water partition coefficient (Wildman–Crippen LogP) is 3.53. The second-order valence-corrected chi connectivity index (χ2v) is 6.80. The lowest BCUT2D eigenvalue weighted by atomic mass is 10.0. The minimum atomic E-state index is -0.541. The van der Waals surface area contributed by atoms with Gasteiger partial charge >= 0.3 is 5.97 Å². The van der Waals surface area contributed by atoms with Crippen molar-refractivity contribution in [2.75, 3.05) is 0 Å². The first-order chi connectivity index (χ1) is 14.0. The van der Waals surface area contributed by atoms with Crippen LogP contribution in [0.15, 0.2) is 53.5 Å². The maximum atomic E-state index is 12.8. The van der Waals surface area contributed by atoms with Crippen LogP contribution in [0.3, 0.4) is 0 Å². The number of ketones is 2. The molecule has 2 aromatic carbocycles. The third-order valence-electron chi connectivity index (χ3n) is 4.81. The highest BCUT2D eigenvalue weighted by atomic mass is 16.5. The molecule has 0 radical (unpaired) electrons. The van der Waals surface area contributed by atoms with E-state index in [9.17, 15) is 19.5 Å². The fourth-order valence-electron chi connectivity index (χ4n) is 3.37. The maximum absolute atomic E-state index is 12.8. The van der Waals surface area contributed by atoms with Gasteiger partial charge < -0.3 is 14.6 Å². The van der Waals surface area contributed by atoms with Crippen molar-refractivity contribution in [1.82, 2.24) is 4.57 Å². The van der Waals surface area contributed by atoms with Crippen LogP contribution in [0.4, 0.5) is 5.69 Å². The van der Waals surface area contributed by atoms with Gasteiger partial charge in [-0.1, -0.05) is 30.3 Å². The number of para-hydroxylation sites is 2. The third-order valence-corrected chi connectivity index (χ3v) is 4.81. The van der Waals surface area contributed by atoms with Gasteiger partial charge in [-0.25, -0.2) is 4.99 Å². The molecule has 0 spiro atoms. The van der Waals surface area contributed by atoms with Crippen LogP contribution in [0.5, 0.6) is 5.88 Å². The van der Waals surface area contributed by atoms with Crippen molar-refractivity contribution < 1.29 is 24.2 Å². The molecule has 1 aliphatic rings. The fourth-order valence-corrected chi connectivity index (χ4v) is 3.37. The Hall–Kier alpha value is -3.74. The molecular formula is C22H18N2O5. The highest BCUT2D eigenvalue weighted by Gasteiger charge is 2.31. The highest BCUT2D eigenvalue weighted by molar-refractivity contribution is 6.56. The zero-order valence-electron chi connectivity index (χ0n) is 15.7. The summed E-state index contributed by atoms with van der Waals surface area (Å²) >= 11 is 0. The number of carbonyl (C=O) groups excluding carboxylic acids is 3. The summed E-state index contributed by atoms with van der Waals surface area (Å²) in [5, 5.41) is 11.5. The summed E-state index contributed by atoms with van der Waals surface area (Å²) in [5.41, 5.74) is 2.10. The molecule has 1 aliphatic heterocycles. The Balaban J connectivity index is 1.71. The molecule has 7 heteroatoms. The van der Waals surface area contributed by atoms with E-state index in [1.165, 1.54) is 11.5 Å². The van der Waals surface area contributed by atoms with Crippen LogP contribution in [0, 0.1) is 0 Å². The molecule has 0 atom stereocenters. The third kappa shape index (κ3) is 3.31. The van der Waals surface area contributed by atoms with Crippen molar-refractivity contribution in [3.05, 3.63) is 59.7 Å². The Morgan fingerprint density at radius 2 is 1.79 bits per heavy atom. The molecule has 2 heterocycles. The van der Waals surface area contributed by atoms with Gasteiger partial charge in [0.25, 0.3) is 0 Å². The van der Waals surface area contributed by atoms with Crippen molar-refractivity contribution in [1.29, 1.82) is 0 Å². The average Bonchev–Trinajstić information content (AvgIpc) is 3.18. The van der Waals surface area contributed by atoms with E-state index in [0.29, 0.717) is 27.7 Å². The van der Waals surface area contributed by atoms with Gasteiger partial charge in [0.15, 0.2) is 6.73 Å². The first-order valence-electron chi connectivity index (χ1n) is 9.15. The number of carbonyl (C=O) groups is 3. The Bertz CT molecular complexity index is 1190. The van der Waals surface area contributed by atoms with Crippen LogP contribution >= 0.6 is 0 Å². The number of fused-ring (bicyclic) bond motifs is 2. The summed E-state index contributed by atoms with van der Waals surface area (Å²) in [6, 6.07) is 14.1. The monoisotopic (exact) mass is 390 g/mol. The van der Waals surface area contributed by atoms with Gasteiger partial charge in [-0.05, 0) is 25.1 Å². The van der Waals surface area contributed by atoms with Gasteiger partial charge in [0.2, 0.25) is 11.7 Å². The van der Waals surface area contributed by atoms with Gasteiger partial charge in [0.1, 0.15) is 11.5 Å². The molecular weight excluding hydrogens is 372 g/mol. The average molecular weight is 390 g/mol. The second kappa shape index (κ2) is 7.35. The highest BCUT2D eigenvalue weighted by Crippen LogP contribution is 2.37. The number of aromatic hydroxyl groups is 1. The molecule has 4 rings (SSSR count). The first-order valence-corrected chi connectivity index (χ1v) is 9.15. The summed E-state index contributed by atoms with van der Waals surface area (Å²) in [7, 11) is 0. The van der Waals surface area contributed by atoms with E-state index in [-0.39, 0.29) is 42.7 Å². The summed E-state index contributed by atoms with van der Waals surface area (Å²) in [6.07, 6.45) is 0.0781. The molecule has 1 aromatic heterocycles. The Labute approximate surface area is 166 Å². The number of hydrogen-bond donors (Lipinski definition) is 1. The molecule has 146 valence electrons. The van der Waals surface area contributed by atoms with E-state index in [0.717, 1.165) is 0 Å². The molecule has 0 amide bonds. The minimum Gasteiger partial charge on any atom is -0.494 e. The first kappa shape index (κ1) is 18.6. The van der Waals surface area contributed by atoms with E-state index in [2.05, 4.69) is 4.99 Å². The van der Waals surface area contributed by atoms with Crippen molar-refractivity contribution in [2.24, 2.45) is 4.99 Å². The Kier molecular flexibility index (Phi) is 4.72. The van der Waals surface area contributed by atoms with E-state index < -0.39 is 5.97 Å². The number of hydrogen-bond acceptors (Lipinski definition) is 6. The zero-order valence-corrected chi connectivity index (χ0v) is 15.7. The number of aliphatic imine (C=N–C) groups is 1. The van der Waals surface area contributed by atoms with Crippen LogP contribution in [-0.4, -0.2) is 32.9 Å². The topological polar surface area (TPSA) is 98.0 Å². The van der Waals surface area contributed by atoms with Crippen LogP contribution in [0.1, 0.15) is 35.7 Å². The van der Waals surface area contributed by atoms with E-state index >= 15 is 0 Å². The number of benzene rings is 2. The Morgan fingerprint density at radius 1 is 1.07 bits per heavy atom. The summed E-state index contributed by atoms with van der Waals surface area (Å²) in [6.45, 7) is 1.17. The number of rotatable bonds is 6. The van der Waals surface area contributed by atoms with E-state index in [1.807, 2.05) is 0 Å². The molecule has 0 aliphatic carbocycles. The van der Waals surface area contributed by atoms with Crippen LogP contribution in [-0.2, 0) is 21.1 Å². The van der Waals surface area contributed by atoms with Crippen molar-refractivity contribution in [2.45, 2.75) is 26.5 Å². The number of ether oxygens (including phenoxy) is 1. The summed E-state index contributed by atoms with van der Waals surface area (Å²) in [4.78, 5) is 40.2. The van der Waals surface area contributed by atoms with Crippen LogP contribution in [0.2, 0.25) is 0 Å². The number of nitrogens with zero attached hydrogens (tertiary/aromatic N) is 2. The minimum absolute atomic E-state index is 0.0251. The molecule has 1 N–H and O–H groups in total. The number of aromatic nitrogens is 1. The van der Waals surface area contributed by atoms with E-state index in [1.54, 1.807) is 48.5 Å².